The highest BCUT2D eigenvalue weighted by molar-refractivity contribution is 5.83. The van der Waals surface area contributed by atoms with Crippen LogP contribution in [0.25, 0.3) is 11.1 Å². The molecule has 8 heteroatoms. The third kappa shape index (κ3) is 6.55. The van der Waals surface area contributed by atoms with E-state index < -0.39 is 18.1 Å². The van der Waals surface area contributed by atoms with E-state index in [2.05, 4.69) is 34.9 Å². The Morgan fingerprint density at radius 1 is 0.939 bits per heavy atom. The Balaban J connectivity index is 1.33. The predicted molar refractivity (Wildman–Crippen MR) is 123 cm³/mol. The molecule has 1 aliphatic carbocycles. The standard InChI is InChI=1S/C25H30N2O6/c28-15-13-22(24(30)31)27-23(29)12-2-1-7-14-26-25(32)33-16-21-19-10-5-3-8-17(19)18-9-4-6-11-20(18)21/h3-6,8-11,21-22,28H,1-2,7,12-16H2,(H,26,32)(H,27,29)(H,30,31). The molecule has 1 atom stereocenters. The van der Waals surface area contributed by atoms with Gasteiger partial charge in [0, 0.05) is 31.9 Å². The van der Waals surface area contributed by atoms with Gasteiger partial charge in [-0.15, -0.1) is 0 Å². The zero-order chi connectivity index (χ0) is 23.6. The van der Waals surface area contributed by atoms with Gasteiger partial charge in [-0.1, -0.05) is 55.0 Å². The first-order valence-electron chi connectivity index (χ1n) is 11.2. The molecule has 0 saturated carbocycles. The number of carbonyl (C=O) groups excluding carboxylic acids is 2. The Morgan fingerprint density at radius 3 is 2.18 bits per heavy atom. The number of aliphatic hydroxyl groups excluding tert-OH is 1. The average molecular weight is 455 g/mol. The van der Waals surface area contributed by atoms with Gasteiger partial charge < -0.3 is 25.6 Å². The van der Waals surface area contributed by atoms with E-state index in [4.69, 9.17) is 14.9 Å². The Labute approximate surface area is 193 Å². The van der Waals surface area contributed by atoms with Crippen LogP contribution in [0, 0.1) is 0 Å². The van der Waals surface area contributed by atoms with Gasteiger partial charge in [0.15, 0.2) is 0 Å². The summed E-state index contributed by atoms with van der Waals surface area (Å²) in [5.74, 6) is -1.51. The third-order valence-electron chi connectivity index (χ3n) is 5.74. The topological polar surface area (TPSA) is 125 Å². The number of carboxylic acids is 1. The molecular formula is C25H30N2O6. The van der Waals surface area contributed by atoms with Gasteiger partial charge in [0.05, 0.1) is 0 Å². The quantitative estimate of drug-likeness (QED) is 0.365. The van der Waals surface area contributed by atoms with Crippen molar-refractivity contribution in [3.63, 3.8) is 0 Å². The molecule has 0 aliphatic heterocycles. The normalized spacial score (nSPS) is 13.0. The second kappa shape index (κ2) is 12.0. The van der Waals surface area contributed by atoms with E-state index in [-0.39, 0.29) is 37.9 Å². The lowest BCUT2D eigenvalue weighted by atomic mass is 9.98. The molecule has 0 aromatic heterocycles. The van der Waals surface area contributed by atoms with Gasteiger partial charge in [-0.3, -0.25) is 4.79 Å². The zero-order valence-corrected chi connectivity index (χ0v) is 18.5. The number of hydrogen-bond donors (Lipinski definition) is 4. The first-order valence-corrected chi connectivity index (χ1v) is 11.2. The molecule has 0 fully saturated rings. The number of benzene rings is 2. The van der Waals surface area contributed by atoms with Crippen LogP contribution in [-0.4, -0.2) is 54.0 Å². The number of ether oxygens (including phenoxy) is 1. The number of aliphatic carboxylic acids is 1. The van der Waals surface area contributed by atoms with Crippen molar-refractivity contribution in [2.45, 2.75) is 44.1 Å². The summed E-state index contributed by atoms with van der Waals surface area (Å²) in [5, 5.41) is 23.0. The molecule has 1 unspecified atom stereocenters. The van der Waals surface area contributed by atoms with Crippen LogP contribution >= 0.6 is 0 Å². The van der Waals surface area contributed by atoms with Crippen molar-refractivity contribution >= 4 is 18.0 Å². The molecule has 0 bridgehead atoms. The summed E-state index contributed by atoms with van der Waals surface area (Å²) < 4.78 is 5.48. The van der Waals surface area contributed by atoms with Crippen LogP contribution in [-0.2, 0) is 14.3 Å². The van der Waals surface area contributed by atoms with E-state index in [1.165, 1.54) is 11.1 Å². The smallest absolute Gasteiger partial charge is 0.407 e. The van der Waals surface area contributed by atoms with Crippen LogP contribution < -0.4 is 10.6 Å². The highest BCUT2D eigenvalue weighted by Crippen LogP contribution is 2.44. The molecule has 4 N–H and O–H groups in total. The van der Waals surface area contributed by atoms with Crippen molar-refractivity contribution in [1.29, 1.82) is 0 Å². The summed E-state index contributed by atoms with van der Waals surface area (Å²) in [6.07, 6.45) is 1.66. The maximum Gasteiger partial charge on any atom is 0.407 e. The van der Waals surface area contributed by atoms with Crippen molar-refractivity contribution in [2.24, 2.45) is 0 Å². The fraction of sp³-hybridized carbons (Fsp3) is 0.400. The highest BCUT2D eigenvalue weighted by atomic mass is 16.5. The molecule has 2 aromatic carbocycles. The Kier molecular flexibility index (Phi) is 8.83. The van der Waals surface area contributed by atoms with E-state index in [1.54, 1.807) is 0 Å². The lowest BCUT2D eigenvalue weighted by Gasteiger charge is -2.14. The van der Waals surface area contributed by atoms with Crippen LogP contribution in [0.15, 0.2) is 48.5 Å². The second-order valence-corrected chi connectivity index (χ2v) is 8.03. The van der Waals surface area contributed by atoms with E-state index in [9.17, 15) is 14.4 Å². The summed E-state index contributed by atoms with van der Waals surface area (Å²) in [6.45, 7) is 0.387. The highest BCUT2D eigenvalue weighted by Gasteiger charge is 2.28. The maximum absolute atomic E-state index is 12.1. The Hall–Kier alpha value is -3.39. The first kappa shape index (κ1) is 24.3. The van der Waals surface area contributed by atoms with E-state index in [1.807, 2.05) is 24.3 Å². The minimum atomic E-state index is -1.16. The third-order valence-corrected chi connectivity index (χ3v) is 5.74. The molecule has 2 aromatic rings. The number of carbonyl (C=O) groups is 3. The molecule has 0 spiro atoms. The van der Waals surface area contributed by atoms with Crippen LogP contribution in [0.2, 0.25) is 0 Å². The summed E-state index contributed by atoms with van der Waals surface area (Å²) >= 11 is 0. The zero-order valence-electron chi connectivity index (χ0n) is 18.5. The van der Waals surface area contributed by atoms with Crippen molar-refractivity contribution < 1.29 is 29.3 Å². The van der Waals surface area contributed by atoms with Gasteiger partial charge in [0.1, 0.15) is 12.6 Å². The predicted octanol–water partition coefficient (Wildman–Crippen LogP) is 3.04. The number of aliphatic hydroxyl groups is 1. The first-order chi connectivity index (χ1) is 16.0. The lowest BCUT2D eigenvalue weighted by molar-refractivity contribution is -0.142. The van der Waals surface area contributed by atoms with Gasteiger partial charge in [-0.2, -0.15) is 0 Å². The number of hydrogen-bond acceptors (Lipinski definition) is 5. The molecule has 0 radical (unpaired) electrons. The SMILES string of the molecule is O=C(CCCCCNC(=O)OCC1c2ccccc2-c2ccccc21)NC(CCO)C(=O)O. The summed E-state index contributed by atoms with van der Waals surface area (Å²) in [5.41, 5.74) is 4.68. The number of rotatable bonds is 12. The van der Waals surface area contributed by atoms with Gasteiger partial charge in [0.25, 0.3) is 0 Å². The maximum atomic E-state index is 12.1. The van der Waals surface area contributed by atoms with Crippen LogP contribution in [0.4, 0.5) is 4.79 Å². The van der Waals surface area contributed by atoms with Crippen LogP contribution in [0.3, 0.4) is 0 Å². The van der Waals surface area contributed by atoms with E-state index in [0.717, 1.165) is 11.1 Å². The van der Waals surface area contributed by atoms with Gasteiger partial charge in [0.2, 0.25) is 5.91 Å². The number of alkyl carbamates (subject to hydrolysis) is 1. The fourth-order valence-electron chi connectivity index (χ4n) is 4.08. The van der Waals surface area contributed by atoms with Crippen molar-refractivity contribution in [1.82, 2.24) is 10.6 Å². The van der Waals surface area contributed by atoms with Gasteiger partial charge in [-0.05, 0) is 35.1 Å². The number of nitrogens with one attached hydrogen (secondary N) is 2. The molecule has 2 amide bonds. The molecule has 0 saturated heterocycles. The second-order valence-electron chi connectivity index (χ2n) is 8.03. The van der Waals surface area contributed by atoms with E-state index in [0.29, 0.717) is 25.8 Å². The number of carboxylic acid groups (broad SMARTS) is 1. The van der Waals surface area contributed by atoms with Crippen LogP contribution in [0.1, 0.15) is 49.1 Å². The minimum absolute atomic E-state index is 0.0159. The summed E-state index contributed by atoms with van der Waals surface area (Å²) in [7, 11) is 0. The van der Waals surface area contributed by atoms with Crippen LogP contribution in [0.5, 0.6) is 0 Å². The molecule has 0 heterocycles. The molecule has 3 rings (SSSR count). The fourth-order valence-corrected chi connectivity index (χ4v) is 4.08. The summed E-state index contributed by atoms with van der Waals surface area (Å²) in [4.78, 5) is 34.9. The summed E-state index contributed by atoms with van der Waals surface area (Å²) in [6, 6.07) is 15.2. The van der Waals surface area contributed by atoms with E-state index >= 15 is 0 Å². The lowest BCUT2D eigenvalue weighted by Crippen LogP contribution is -2.41. The van der Waals surface area contributed by atoms with Crippen molar-refractivity contribution in [3.8, 4) is 11.1 Å². The van der Waals surface area contributed by atoms with Gasteiger partial charge >= 0.3 is 12.1 Å². The Bertz CT molecular complexity index is 931. The number of fused-ring (bicyclic) bond motifs is 3. The molecule has 8 nitrogen and oxygen atoms in total. The Morgan fingerprint density at radius 2 is 1.58 bits per heavy atom. The average Bonchev–Trinajstić information content (AvgIpc) is 3.13. The van der Waals surface area contributed by atoms with Crippen molar-refractivity contribution in [2.75, 3.05) is 19.8 Å². The van der Waals surface area contributed by atoms with Crippen molar-refractivity contribution in [3.05, 3.63) is 59.7 Å². The number of unbranched alkanes of at least 4 members (excludes halogenated alkanes) is 2. The largest absolute Gasteiger partial charge is 0.480 e. The molecule has 1 aliphatic rings. The van der Waals surface area contributed by atoms with Gasteiger partial charge in [-0.25, -0.2) is 9.59 Å². The molecule has 176 valence electrons. The molecule has 33 heavy (non-hydrogen) atoms. The molecular weight excluding hydrogens is 424 g/mol. The number of amides is 2. The minimum Gasteiger partial charge on any atom is -0.480 e. The monoisotopic (exact) mass is 454 g/mol.